The molecule has 0 aliphatic carbocycles. The van der Waals surface area contributed by atoms with Crippen molar-refractivity contribution in [3.05, 3.63) is 76.8 Å². The van der Waals surface area contributed by atoms with Crippen LogP contribution < -0.4 is 19.5 Å². The first-order chi connectivity index (χ1) is 17.9. The maximum absolute atomic E-state index is 13.1. The summed E-state index contributed by atoms with van der Waals surface area (Å²) >= 11 is 5.58. The lowest BCUT2D eigenvalue weighted by Crippen LogP contribution is -2.15. The standard InChI is InChI=1S/C26H26ClF3N2O5S/c1-3-36-23-13-5-17(15-24(23)37-4-2)6-14-25(33)31-18-7-10-20(11-8-18)38(34,35)32-19-9-12-22(27)21(16-19)26(28,29)30/h5,7-13,15-16,32H,3-4,6,14H2,1-2H3,(H,31,33). The highest BCUT2D eigenvalue weighted by atomic mass is 35.5. The summed E-state index contributed by atoms with van der Waals surface area (Å²) in [7, 11) is -4.19. The zero-order valence-electron chi connectivity index (χ0n) is 20.6. The molecule has 3 aromatic carbocycles. The quantitative estimate of drug-likeness (QED) is 0.273. The van der Waals surface area contributed by atoms with Gasteiger partial charge in [-0.3, -0.25) is 9.52 Å². The Hall–Kier alpha value is -3.44. The lowest BCUT2D eigenvalue weighted by molar-refractivity contribution is -0.137. The van der Waals surface area contributed by atoms with Crippen molar-refractivity contribution >= 4 is 38.9 Å². The summed E-state index contributed by atoms with van der Waals surface area (Å²) in [4.78, 5) is 12.2. The van der Waals surface area contributed by atoms with Crippen molar-refractivity contribution in [1.82, 2.24) is 0 Å². The summed E-state index contributed by atoms with van der Waals surface area (Å²) in [6.45, 7) is 4.71. The maximum Gasteiger partial charge on any atom is 0.417 e. The second-order valence-electron chi connectivity index (χ2n) is 8.02. The van der Waals surface area contributed by atoms with Crippen LogP contribution >= 0.6 is 11.6 Å². The number of hydrogen-bond donors (Lipinski definition) is 2. The van der Waals surface area contributed by atoms with Crippen LogP contribution in [-0.2, 0) is 27.4 Å². The number of hydrogen-bond acceptors (Lipinski definition) is 5. The van der Waals surface area contributed by atoms with Gasteiger partial charge in [-0.25, -0.2) is 8.42 Å². The van der Waals surface area contributed by atoms with E-state index in [2.05, 4.69) is 10.0 Å². The van der Waals surface area contributed by atoms with Crippen LogP contribution in [0.5, 0.6) is 11.5 Å². The highest BCUT2D eigenvalue weighted by Gasteiger charge is 2.33. The fourth-order valence-corrected chi connectivity index (χ4v) is 4.74. The van der Waals surface area contributed by atoms with Crippen LogP contribution in [0.15, 0.2) is 65.6 Å². The molecule has 0 atom stereocenters. The molecule has 38 heavy (non-hydrogen) atoms. The van der Waals surface area contributed by atoms with Crippen molar-refractivity contribution in [2.45, 2.75) is 37.8 Å². The molecule has 2 N–H and O–H groups in total. The first-order valence-electron chi connectivity index (χ1n) is 11.6. The highest BCUT2D eigenvalue weighted by molar-refractivity contribution is 7.92. The van der Waals surface area contributed by atoms with Gasteiger partial charge in [0.1, 0.15) is 0 Å². The molecule has 0 saturated carbocycles. The number of nitrogens with one attached hydrogen (secondary N) is 2. The van der Waals surface area contributed by atoms with E-state index in [-0.39, 0.29) is 22.9 Å². The van der Waals surface area contributed by atoms with Crippen LogP contribution in [0.3, 0.4) is 0 Å². The zero-order valence-corrected chi connectivity index (χ0v) is 22.1. The maximum atomic E-state index is 13.1. The minimum atomic E-state index is -4.74. The third-order valence-corrected chi connectivity index (χ3v) is 6.95. The van der Waals surface area contributed by atoms with E-state index in [0.717, 1.165) is 17.7 Å². The predicted molar refractivity (Wildman–Crippen MR) is 139 cm³/mol. The van der Waals surface area contributed by atoms with E-state index < -0.39 is 26.8 Å². The third-order valence-electron chi connectivity index (χ3n) is 5.22. The molecule has 1 amide bonds. The van der Waals surface area contributed by atoms with Crippen molar-refractivity contribution in [3.8, 4) is 11.5 Å². The lowest BCUT2D eigenvalue weighted by Gasteiger charge is -2.13. The molecule has 204 valence electrons. The van der Waals surface area contributed by atoms with Crippen molar-refractivity contribution in [1.29, 1.82) is 0 Å². The summed E-state index contributed by atoms with van der Waals surface area (Å²) in [6, 6.07) is 13.4. The Bertz CT molecular complexity index is 1380. The molecule has 3 rings (SSSR count). The van der Waals surface area contributed by atoms with E-state index in [0.29, 0.717) is 42.9 Å². The van der Waals surface area contributed by atoms with Crippen LogP contribution in [0.4, 0.5) is 24.5 Å². The number of anilines is 2. The molecular weight excluding hydrogens is 545 g/mol. The Kier molecular flexibility index (Phi) is 9.50. The third kappa shape index (κ3) is 7.78. The summed E-state index contributed by atoms with van der Waals surface area (Å²) in [5, 5.41) is 2.15. The van der Waals surface area contributed by atoms with Gasteiger partial charge in [-0.15, -0.1) is 0 Å². The van der Waals surface area contributed by atoms with Gasteiger partial charge in [0.15, 0.2) is 11.5 Å². The van der Waals surface area contributed by atoms with E-state index in [1.165, 1.54) is 24.3 Å². The van der Waals surface area contributed by atoms with E-state index in [1.54, 1.807) is 6.07 Å². The number of halogens is 4. The molecule has 12 heteroatoms. The van der Waals surface area contributed by atoms with E-state index >= 15 is 0 Å². The molecular formula is C26H26ClF3N2O5S. The summed E-state index contributed by atoms with van der Waals surface area (Å²) < 4.78 is 77.7. The fraction of sp³-hybridized carbons (Fsp3) is 0.269. The summed E-state index contributed by atoms with van der Waals surface area (Å²) in [5.41, 5.74) is -0.199. The van der Waals surface area contributed by atoms with Crippen LogP contribution in [0.2, 0.25) is 5.02 Å². The van der Waals surface area contributed by atoms with E-state index in [4.69, 9.17) is 21.1 Å². The van der Waals surface area contributed by atoms with Crippen LogP contribution in [0, 0.1) is 0 Å². The average molecular weight is 571 g/mol. The van der Waals surface area contributed by atoms with Gasteiger partial charge in [0.2, 0.25) is 5.91 Å². The van der Waals surface area contributed by atoms with Gasteiger partial charge < -0.3 is 14.8 Å². The van der Waals surface area contributed by atoms with Gasteiger partial charge in [0, 0.05) is 17.8 Å². The van der Waals surface area contributed by atoms with Crippen LogP contribution in [-0.4, -0.2) is 27.5 Å². The smallest absolute Gasteiger partial charge is 0.417 e. The Morgan fingerprint density at radius 2 is 1.53 bits per heavy atom. The number of sulfonamides is 1. The Morgan fingerprint density at radius 1 is 0.895 bits per heavy atom. The molecule has 0 aromatic heterocycles. The second kappa shape index (κ2) is 12.4. The van der Waals surface area contributed by atoms with Crippen molar-refractivity contribution in [2.75, 3.05) is 23.3 Å². The van der Waals surface area contributed by atoms with Gasteiger partial charge >= 0.3 is 6.18 Å². The van der Waals surface area contributed by atoms with E-state index in [9.17, 15) is 26.4 Å². The van der Waals surface area contributed by atoms with Crippen molar-refractivity contribution in [3.63, 3.8) is 0 Å². The number of carbonyl (C=O) groups is 1. The van der Waals surface area contributed by atoms with E-state index in [1.807, 2.05) is 26.0 Å². The molecule has 0 aliphatic rings. The van der Waals surface area contributed by atoms with Gasteiger partial charge in [0.25, 0.3) is 10.0 Å². The molecule has 0 spiro atoms. The molecule has 0 saturated heterocycles. The van der Waals surface area contributed by atoms with Crippen molar-refractivity contribution in [2.24, 2.45) is 0 Å². The first-order valence-corrected chi connectivity index (χ1v) is 13.5. The molecule has 0 unspecified atom stereocenters. The monoisotopic (exact) mass is 570 g/mol. The number of alkyl halides is 3. The topological polar surface area (TPSA) is 93.7 Å². The molecule has 0 fully saturated rings. The van der Waals surface area contributed by atoms with Crippen LogP contribution in [0.25, 0.3) is 0 Å². The van der Waals surface area contributed by atoms with Gasteiger partial charge in [0.05, 0.1) is 28.7 Å². The molecule has 0 bridgehead atoms. The molecule has 7 nitrogen and oxygen atoms in total. The predicted octanol–water partition coefficient (Wildman–Crippen LogP) is 6.53. The highest BCUT2D eigenvalue weighted by Crippen LogP contribution is 2.36. The SMILES string of the molecule is CCOc1ccc(CCC(=O)Nc2ccc(S(=O)(=O)Nc3ccc(Cl)c(C(F)(F)F)c3)cc2)cc1OCC. The summed E-state index contributed by atoms with van der Waals surface area (Å²) in [5.74, 6) is 0.946. The molecule has 0 radical (unpaired) electrons. The van der Waals surface area contributed by atoms with Gasteiger partial charge in [-0.05, 0) is 80.4 Å². The minimum Gasteiger partial charge on any atom is -0.490 e. The Morgan fingerprint density at radius 3 is 2.16 bits per heavy atom. The number of rotatable bonds is 11. The van der Waals surface area contributed by atoms with Crippen LogP contribution in [0.1, 0.15) is 31.4 Å². The number of ether oxygens (including phenoxy) is 2. The number of amides is 1. The molecule has 0 aliphatic heterocycles. The Balaban J connectivity index is 1.62. The Labute approximate surface area is 224 Å². The fourth-order valence-electron chi connectivity index (χ4n) is 3.47. The average Bonchev–Trinajstić information content (AvgIpc) is 2.85. The normalized spacial score (nSPS) is 11.6. The minimum absolute atomic E-state index is 0.166. The van der Waals surface area contributed by atoms with Crippen molar-refractivity contribution < 1.29 is 35.9 Å². The lowest BCUT2D eigenvalue weighted by atomic mass is 10.1. The zero-order chi connectivity index (χ0) is 27.9. The number of carbonyl (C=O) groups excluding carboxylic acids is 1. The summed E-state index contributed by atoms with van der Waals surface area (Å²) in [6.07, 6.45) is -4.13. The van der Waals surface area contributed by atoms with Gasteiger partial charge in [-0.1, -0.05) is 17.7 Å². The number of aryl methyl sites for hydroxylation is 1. The largest absolute Gasteiger partial charge is 0.490 e. The van der Waals surface area contributed by atoms with Gasteiger partial charge in [-0.2, -0.15) is 13.2 Å². The second-order valence-corrected chi connectivity index (χ2v) is 10.1. The molecule has 3 aromatic rings. The number of benzene rings is 3. The first kappa shape index (κ1) is 29.1. The molecule has 0 heterocycles.